The summed E-state index contributed by atoms with van der Waals surface area (Å²) in [5.41, 5.74) is 3.30. The third-order valence-corrected chi connectivity index (χ3v) is 5.06. The van der Waals surface area contributed by atoms with Crippen LogP contribution in [-0.2, 0) is 6.54 Å². The zero-order chi connectivity index (χ0) is 14.8. The van der Waals surface area contributed by atoms with E-state index in [1.54, 1.807) is 0 Å². The molecule has 1 aliphatic heterocycles. The number of rotatable bonds is 4. The fourth-order valence-electron chi connectivity index (χ4n) is 3.18. The molecule has 0 aliphatic carbocycles. The zero-order valence-corrected chi connectivity index (χ0v) is 13.8. The van der Waals surface area contributed by atoms with Crippen LogP contribution >= 0.6 is 0 Å². The molecule has 1 saturated heterocycles. The Morgan fingerprint density at radius 2 is 1.90 bits per heavy atom. The minimum atomic E-state index is 0.220. The Morgan fingerprint density at radius 1 is 1.20 bits per heavy atom. The average Bonchev–Trinajstić information content (AvgIpc) is 2.42. The number of benzene rings is 1. The summed E-state index contributed by atoms with van der Waals surface area (Å²) in [5.74, 6) is 0. The van der Waals surface area contributed by atoms with Gasteiger partial charge in [0.25, 0.3) is 0 Å². The summed E-state index contributed by atoms with van der Waals surface area (Å²) in [7, 11) is 0. The van der Waals surface area contributed by atoms with Gasteiger partial charge < -0.3 is 5.32 Å². The summed E-state index contributed by atoms with van der Waals surface area (Å²) >= 11 is 0. The number of hydrogen-bond donors (Lipinski definition) is 1. The Labute approximate surface area is 124 Å². The molecule has 1 fully saturated rings. The van der Waals surface area contributed by atoms with Gasteiger partial charge in [0.1, 0.15) is 0 Å². The molecule has 0 bridgehead atoms. The molecule has 0 saturated carbocycles. The predicted molar refractivity (Wildman–Crippen MR) is 87.0 cm³/mol. The Kier molecular flexibility index (Phi) is 4.55. The highest BCUT2D eigenvalue weighted by Crippen LogP contribution is 2.29. The lowest BCUT2D eigenvalue weighted by atomic mass is 9.84. The van der Waals surface area contributed by atoms with Crippen molar-refractivity contribution in [3.63, 3.8) is 0 Å². The molecule has 2 rings (SSSR count). The largest absolute Gasteiger partial charge is 0.308 e. The summed E-state index contributed by atoms with van der Waals surface area (Å²) in [5, 5.41) is 3.81. The SMILES string of the molecule is CCC1(CC)CN(Cc2cccc(C)c2)C(C)(C)CN1. The highest BCUT2D eigenvalue weighted by molar-refractivity contribution is 5.22. The second-order valence-corrected chi connectivity index (χ2v) is 7.00. The van der Waals surface area contributed by atoms with Gasteiger partial charge in [-0.3, -0.25) is 4.90 Å². The third-order valence-electron chi connectivity index (χ3n) is 5.06. The van der Waals surface area contributed by atoms with Crippen molar-refractivity contribution in [2.75, 3.05) is 13.1 Å². The van der Waals surface area contributed by atoms with Gasteiger partial charge in [-0.1, -0.05) is 43.7 Å². The quantitative estimate of drug-likeness (QED) is 0.900. The van der Waals surface area contributed by atoms with E-state index in [1.165, 1.54) is 24.0 Å². The number of nitrogens with zero attached hydrogens (tertiary/aromatic N) is 1. The summed E-state index contributed by atoms with van der Waals surface area (Å²) in [6, 6.07) is 8.92. The van der Waals surface area contributed by atoms with E-state index in [-0.39, 0.29) is 5.54 Å². The molecule has 0 amide bonds. The van der Waals surface area contributed by atoms with E-state index in [1.807, 2.05) is 0 Å². The second-order valence-electron chi connectivity index (χ2n) is 7.00. The Balaban J connectivity index is 2.18. The van der Waals surface area contributed by atoms with Gasteiger partial charge in [-0.2, -0.15) is 0 Å². The highest BCUT2D eigenvalue weighted by Gasteiger charge is 2.40. The summed E-state index contributed by atoms with van der Waals surface area (Å²) < 4.78 is 0. The zero-order valence-electron chi connectivity index (χ0n) is 13.8. The van der Waals surface area contributed by atoms with Crippen LogP contribution < -0.4 is 5.32 Å². The first-order valence-corrected chi connectivity index (χ1v) is 7.96. The number of aryl methyl sites for hydroxylation is 1. The maximum absolute atomic E-state index is 3.81. The van der Waals surface area contributed by atoms with E-state index in [9.17, 15) is 0 Å². The fraction of sp³-hybridized carbons (Fsp3) is 0.667. The molecule has 1 N–H and O–H groups in total. The summed E-state index contributed by atoms with van der Waals surface area (Å²) in [6.45, 7) is 14.8. The van der Waals surface area contributed by atoms with E-state index in [0.717, 1.165) is 19.6 Å². The minimum absolute atomic E-state index is 0.220. The van der Waals surface area contributed by atoms with Crippen LogP contribution in [0.4, 0.5) is 0 Å². The molecule has 0 spiro atoms. The summed E-state index contributed by atoms with van der Waals surface area (Å²) in [6.07, 6.45) is 2.40. The van der Waals surface area contributed by atoms with E-state index < -0.39 is 0 Å². The van der Waals surface area contributed by atoms with Crippen LogP contribution in [0, 0.1) is 6.92 Å². The first-order valence-electron chi connectivity index (χ1n) is 7.96. The molecule has 1 aliphatic rings. The van der Waals surface area contributed by atoms with Gasteiger partial charge >= 0.3 is 0 Å². The van der Waals surface area contributed by atoms with Crippen LogP contribution in [0.15, 0.2) is 24.3 Å². The van der Waals surface area contributed by atoms with Crippen molar-refractivity contribution in [1.29, 1.82) is 0 Å². The lowest BCUT2D eigenvalue weighted by Gasteiger charge is -2.52. The fourth-order valence-corrected chi connectivity index (χ4v) is 3.18. The van der Waals surface area contributed by atoms with Gasteiger partial charge in [0, 0.05) is 30.7 Å². The van der Waals surface area contributed by atoms with Gasteiger partial charge in [0.15, 0.2) is 0 Å². The van der Waals surface area contributed by atoms with Crippen LogP contribution in [0.2, 0.25) is 0 Å². The van der Waals surface area contributed by atoms with Gasteiger partial charge in [-0.25, -0.2) is 0 Å². The standard InChI is InChI=1S/C18H30N2/c1-6-18(7-2)14-20(17(4,5)13-19-18)12-16-10-8-9-15(3)11-16/h8-11,19H,6-7,12-14H2,1-5H3. The highest BCUT2D eigenvalue weighted by atomic mass is 15.3. The Bertz CT molecular complexity index is 446. The maximum Gasteiger partial charge on any atom is 0.0304 e. The average molecular weight is 274 g/mol. The molecule has 2 heteroatoms. The van der Waals surface area contributed by atoms with Gasteiger partial charge in [0.2, 0.25) is 0 Å². The van der Waals surface area contributed by atoms with E-state index in [4.69, 9.17) is 0 Å². The monoisotopic (exact) mass is 274 g/mol. The Morgan fingerprint density at radius 3 is 2.50 bits per heavy atom. The van der Waals surface area contributed by atoms with Crippen molar-refractivity contribution in [1.82, 2.24) is 10.2 Å². The lowest BCUT2D eigenvalue weighted by molar-refractivity contribution is 0.0161. The molecular formula is C18H30N2. The maximum atomic E-state index is 3.81. The predicted octanol–water partition coefficient (Wildman–Crippen LogP) is 3.74. The van der Waals surface area contributed by atoms with E-state index in [2.05, 4.69) is 69.1 Å². The van der Waals surface area contributed by atoms with Crippen LogP contribution in [0.1, 0.15) is 51.7 Å². The Hall–Kier alpha value is -0.860. The van der Waals surface area contributed by atoms with E-state index >= 15 is 0 Å². The lowest BCUT2D eigenvalue weighted by Crippen LogP contribution is -2.67. The van der Waals surface area contributed by atoms with Gasteiger partial charge in [0.05, 0.1) is 0 Å². The molecule has 112 valence electrons. The smallest absolute Gasteiger partial charge is 0.0304 e. The van der Waals surface area contributed by atoms with Crippen LogP contribution in [0.3, 0.4) is 0 Å². The molecule has 2 nitrogen and oxygen atoms in total. The first kappa shape index (κ1) is 15.5. The molecule has 0 aromatic heterocycles. The molecule has 1 heterocycles. The summed E-state index contributed by atoms with van der Waals surface area (Å²) in [4.78, 5) is 2.66. The molecule has 20 heavy (non-hydrogen) atoms. The molecule has 1 aromatic rings. The van der Waals surface area contributed by atoms with Crippen LogP contribution in [0.25, 0.3) is 0 Å². The molecule has 0 atom stereocenters. The van der Waals surface area contributed by atoms with Gasteiger partial charge in [-0.15, -0.1) is 0 Å². The first-order chi connectivity index (χ1) is 9.41. The van der Waals surface area contributed by atoms with Crippen molar-refractivity contribution in [3.05, 3.63) is 35.4 Å². The number of nitrogens with one attached hydrogen (secondary N) is 1. The molecule has 1 aromatic carbocycles. The van der Waals surface area contributed by atoms with Crippen molar-refractivity contribution in [2.45, 2.75) is 65.1 Å². The second kappa shape index (κ2) is 5.87. The van der Waals surface area contributed by atoms with Crippen molar-refractivity contribution in [3.8, 4) is 0 Å². The minimum Gasteiger partial charge on any atom is -0.308 e. The van der Waals surface area contributed by atoms with E-state index in [0.29, 0.717) is 5.54 Å². The van der Waals surface area contributed by atoms with Crippen molar-refractivity contribution in [2.24, 2.45) is 0 Å². The van der Waals surface area contributed by atoms with Crippen molar-refractivity contribution >= 4 is 0 Å². The van der Waals surface area contributed by atoms with Crippen LogP contribution in [0.5, 0.6) is 0 Å². The van der Waals surface area contributed by atoms with Gasteiger partial charge in [-0.05, 0) is 39.2 Å². The van der Waals surface area contributed by atoms with Crippen molar-refractivity contribution < 1.29 is 0 Å². The molecule has 0 radical (unpaired) electrons. The van der Waals surface area contributed by atoms with Crippen LogP contribution in [-0.4, -0.2) is 29.1 Å². The molecular weight excluding hydrogens is 244 g/mol. The number of piperazine rings is 1. The molecule has 0 unspecified atom stereocenters. The number of hydrogen-bond acceptors (Lipinski definition) is 2. The third kappa shape index (κ3) is 3.24. The normalized spacial score (nSPS) is 21.9. The topological polar surface area (TPSA) is 15.3 Å².